The molecule has 69 heavy (non-hydrogen) atoms. The van der Waals surface area contributed by atoms with Crippen LogP contribution < -0.4 is 32.7 Å². The van der Waals surface area contributed by atoms with Crippen LogP contribution in [0.25, 0.3) is 0 Å². The fourth-order valence-electron chi connectivity index (χ4n) is 7.60. The lowest BCUT2D eigenvalue weighted by Crippen LogP contribution is -2.70. The second kappa shape index (κ2) is 27.5. The highest BCUT2D eigenvalue weighted by Crippen LogP contribution is 2.33. The molecular weight excluding hydrogens is 961 g/mol. The summed E-state index contributed by atoms with van der Waals surface area (Å²) >= 11 is 0. The molecule has 27 heteroatoms. The molecule has 4 amide bonds. The maximum atomic E-state index is 13.4. The van der Waals surface area contributed by atoms with E-state index >= 15 is 0 Å². The first-order valence-electron chi connectivity index (χ1n) is 23.9. The number of hydrogen-bond acceptors (Lipinski definition) is 20. The Kier molecular flexibility index (Phi) is 24.2. The van der Waals surface area contributed by atoms with Gasteiger partial charge in [0.05, 0.1) is 50.6 Å². The summed E-state index contributed by atoms with van der Waals surface area (Å²) in [5.41, 5.74) is 11.6. The van der Waals surface area contributed by atoms with Crippen LogP contribution in [0.15, 0.2) is 0 Å². The minimum atomic E-state index is -1.98. The Morgan fingerprint density at radius 3 is 1.51 bits per heavy atom. The van der Waals surface area contributed by atoms with Crippen LogP contribution in [0.3, 0.4) is 0 Å². The topological polar surface area (TPSA) is 375 Å². The zero-order valence-electron chi connectivity index (χ0n) is 41.7. The highest BCUT2D eigenvalue weighted by atomic mass is 28.3. The van der Waals surface area contributed by atoms with E-state index in [1.165, 1.54) is 0 Å². The number of aliphatic hydroxyl groups excluding tert-OH is 7. The van der Waals surface area contributed by atoms with Crippen molar-refractivity contribution in [3.63, 3.8) is 0 Å². The zero-order chi connectivity index (χ0) is 52.0. The Bertz CT molecular complexity index is 1610. The summed E-state index contributed by atoms with van der Waals surface area (Å²) in [6, 6.07) is -3.25. The number of carbonyl (C=O) groups is 4. The number of alkyl carbamates (subject to hydrolysis) is 3. The molecule has 0 bridgehead atoms. The summed E-state index contributed by atoms with van der Waals surface area (Å²) in [7, 11) is -4.97. The minimum Gasteiger partial charge on any atom is -0.450 e. The van der Waals surface area contributed by atoms with Gasteiger partial charge in [-0.2, -0.15) is 0 Å². The van der Waals surface area contributed by atoms with Crippen molar-refractivity contribution in [2.75, 3.05) is 39.5 Å². The van der Waals surface area contributed by atoms with Gasteiger partial charge in [0.2, 0.25) is 5.91 Å². The van der Waals surface area contributed by atoms with Gasteiger partial charge in [-0.15, -0.1) is 0 Å². The predicted octanol–water partition coefficient (Wildman–Crippen LogP) is -1.36. The number of rotatable bonds is 24. The molecule has 1 saturated carbocycles. The first kappa shape index (κ1) is 60.7. The van der Waals surface area contributed by atoms with Gasteiger partial charge in [0.1, 0.15) is 61.0 Å². The summed E-state index contributed by atoms with van der Waals surface area (Å²) in [5.74, 6) is -0.586. The molecule has 0 spiro atoms. The molecule has 1 aliphatic carbocycles. The van der Waals surface area contributed by atoms with Crippen molar-refractivity contribution >= 4 is 48.4 Å². The third kappa shape index (κ3) is 20.1. The fraction of sp³-hybridized carbons (Fsp3) is 0.905. The number of nitrogens with one attached hydrogen (secondary N) is 4. The molecule has 3 rings (SSSR count). The molecule has 3 fully saturated rings. The molecule has 2 aliphatic heterocycles. The Balaban J connectivity index is 2.01. The third-order valence-corrected chi connectivity index (χ3v) is 17.2. The maximum Gasteiger partial charge on any atom is 0.407 e. The van der Waals surface area contributed by atoms with Gasteiger partial charge in [0, 0.05) is 30.8 Å². The normalized spacial score (nSPS) is 32.6. The van der Waals surface area contributed by atoms with Crippen molar-refractivity contribution in [3.05, 3.63) is 0 Å². The molecule has 2 heterocycles. The lowest BCUT2D eigenvalue weighted by molar-refractivity contribution is -0.334. The maximum absolute atomic E-state index is 13.4. The van der Waals surface area contributed by atoms with E-state index in [2.05, 4.69) is 80.2 Å². The molecule has 3 aliphatic rings. The molecule has 24 nitrogen and oxygen atoms in total. The summed E-state index contributed by atoms with van der Waals surface area (Å²) in [6.07, 6.45) is -22.8. The molecule has 0 unspecified atom stereocenters. The summed E-state index contributed by atoms with van der Waals surface area (Å²) in [4.78, 5) is 52.6. The monoisotopic (exact) mass is 1040 g/mol. The van der Waals surface area contributed by atoms with E-state index in [0.29, 0.717) is 43.9 Å². The zero-order valence-corrected chi connectivity index (χ0v) is 44.7. The Labute approximate surface area is 408 Å². The average molecular weight is 1050 g/mol. The summed E-state index contributed by atoms with van der Waals surface area (Å²) in [6.45, 7) is 18.1. The molecule has 0 radical (unpaired) electrons. The van der Waals surface area contributed by atoms with Crippen molar-refractivity contribution in [3.8, 4) is 0 Å². The number of ether oxygens (including phenoxy) is 7. The highest BCUT2D eigenvalue weighted by Gasteiger charge is 2.54. The number of aliphatic hydroxyl groups is 7. The number of nitrogens with two attached hydrogens (primary N) is 2. The van der Waals surface area contributed by atoms with Gasteiger partial charge < -0.3 is 102 Å². The molecular formula is C42H84N6O18Si3. The molecule has 0 aromatic carbocycles. The summed E-state index contributed by atoms with van der Waals surface area (Å²) < 4.78 is 40.5. The quantitative estimate of drug-likeness (QED) is 0.0302. The SMILES string of the molecule is C[Si](C)(C)CCOC(=O)N[C@@H]1[C@@H](O)[C@H](O[C@@H]2[C@@H](O)[C@@H](O[C@@H]3O[C@H](CNC(=O)[C@@H](N)CCCCN)[C@@H](O)[C@H](O)[C@H]3O)[C@@H](NC(=O)OCC[Si](C)(C)C)C[C@H]2NC(=O)OCC[Si](C)(C)C)O[C@H](CO)[C@H]1O. The van der Waals surface area contributed by atoms with Crippen molar-refractivity contribution in [1.29, 1.82) is 0 Å². The van der Waals surface area contributed by atoms with E-state index in [1.807, 2.05) is 0 Å². The highest BCUT2D eigenvalue weighted by molar-refractivity contribution is 6.76. The standard InChI is InChI=1S/C42H84N6O18Si3/c1-67(2,3)17-14-60-40(57)46-24-20-25(47-41(58)61-15-18-68(4,5)6)36(66-39-33(54)32(53)30(51)26(63-39)21-45-37(56)23(44)12-10-11-13-43)34(55)35(24)65-38-31(52)28(29(50)27(22-49)64-38)48-42(59)62-16-19-69(7,8)9/h23-36,38-39,49-55H,10-22,43-44H2,1-9H3,(H,45,56)(H,46,57)(H,47,58)(H,48,59)/t23-,24+,25-,26+,27+,28-,29+,30+,31+,32-,33+,34+,35-,36-,38-,39-/m0/s1. The number of carbonyl (C=O) groups excluding carboxylic acids is 4. The minimum absolute atomic E-state index is 0.0492. The lowest BCUT2D eigenvalue weighted by Gasteiger charge is -2.49. The van der Waals surface area contributed by atoms with Gasteiger partial charge >= 0.3 is 18.3 Å². The van der Waals surface area contributed by atoms with Crippen LogP contribution in [-0.4, -0.2) is 221 Å². The second-order valence-corrected chi connectivity index (χ2v) is 38.7. The Morgan fingerprint density at radius 1 is 0.609 bits per heavy atom. The van der Waals surface area contributed by atoms with Crippen molar-refractivity contribution in [1.82, 2.24) is 21.3 Å². The number of hydrogen-bond donors (Lipinski definition) is 13. The van der Waals surface area contributed by atoms with Gasteiger partial charge in [0.15, 0.2) is 12.6 Å². The van der Waals surface area contributed by atoms with Crippen LogP contribution in [0.1, 0.15) is 25.7 Å². The molecule has 2 saturated heterocycles. The van der Waals surface area contributed by atoms with Gasteiger partial charge in [-0.1, -0.05) is 65.3 Å². The molecule has 402 valence electrons. The van der Waals surface area contributed by atoms with E-state index in [1.54, 1.807) is 0 Å². The number of amides is 4. The van der Waals surface area contributed by atoms with Crippen LogP contribution in [0.5, 0.6) is 0 Å². The Morgan fingerprint density at radius 2 is 1.06 bits per heavy atom. The molecule has 16 atom stereocenters. The van der Waals surface area contributed by atoms with Crippen LogP contribution >= 0.6 is 0 Å². The van der Waals surface area contributed by atoms with Gasteiger partial charge in [0.25, 0.3) is 0 Å². The predicted molar refractivity (Wildman–Crippen MR) is 258 cm³/mol. The average Bonchev–Trinajstić information content (AvgIpc) is 3.23. The van der Waals surface area contributed by atoms with Crippen molar-refractivity contribution in [2.24, 2.45) is 11.5 Å². The molecule has 0 aromatic heterocycles. The third-order valence-electron chi connectivity index (χ3n) is 12.0. The fourth-order valence-corrected chi connectivity index (χ4v) is 9.74. The first-order valence-corrected chi connectivity index (χ1v) is 35.0. The van der Waals surface area contributed by atoms with Crippen LogP contribution in [0, 0.1) is 0 Å². The van der Waals surface area contributed by atoms with E-state index in [0.717, 1.165) is 0 Å². The van der Waals surface area contributed by atoms with Crippen LogP contribution in [-0.2, 0) is 38.0 Å². The molecule has 0 aromatic rings. The van der Waals surface area contributed by atoms with Crippen molar-refractivity contribution < 1.29 is 88.1 Å². The second-order valence-electron chi connectivity index (χ2n) is 21.8. The first-order chi connectivity index (χ1) is 32.0. The van der Waals surface area contributed by atoms with Crippen LogP contribution in [0.2, 0.25) is 77.1 Å². The van der Waals surface area contributed by atoms with Crippen molar-refractivity contribution in [2.45, 2.75) is 201 Å². The van der Waals surface area contributed by atoms with E-state index < -0.39 is 159 Å². The smallest absolute Gasteiger partial charge is 0.407 e. The Hall–Kier alpha value is -2.59. The molecule has 15 N–H and O–H groups in total. The van der Waals surface area contributed by atoms with Gasteiger partial charge in [-0.3, -0.25) is 4.79 Å². The largest absolute Gasteiger partial charge is 0.450 e. The van der Waals surface area contributed by atoms with E-state index in [9.17, 15) is 54.9 Å². The number of unbranched alkanes of at least 4 members (excludes halogenated alkanes) is 1. The van der Waals surface area contributed by atoms with Gasteiger partial charge in [-0.05, 0) is 43.9 Å². The van der Waals surface area contributed by atoms with Crippen LogP contribution in [0.4, 0.5) is 14.4 Å². The lowest BCUT2D eigenvalue weighted by atomic mass is 9.83. The van der Waals surface area contributed by atoms with E-state index in [-0.39, 0.29) is 26.2 Å². The van der Waals surface area contributed by atoms with E-state index in [4.69, 9.17) is 44.6 Å². The van der Waals surface area contributed by atoms with Gasteiger partial charge in [-0.25, -0.2) is 14.4 Å². The summed E-state index contributed by atoms with van der Waals surface area (Å²) in [5, 5.41) is 88.8.